The highest BCUT2D eigenvalue weighted by Crippen LogP contribution is 2.41. The second kappa shape index (κ2) is 8.88. The van der Waals surface area contributed by atoms with Crippen molar-refractivity contribution in [2.45, 2.75) is 63.8 Å². The Morgan fingerprint density at radius 2 is 1.94 bits per heavy atom. The number of carbonyl (C=O) groups excluding carboxylic acids is 2. The molecule has 0 aromatic heterocycles. The number of hydrogen-bond acceptors (Lipinski definition) is 7. The maximum atomic E-state index is 13.7. The van der Waals surface area contributed by atoms with Gasteiger partial charge in [-0.25, -0.2) is 8.42 Å². The molecule has 1 saturated carbocycles. The molecule has 2 heterocycles. The van der Waals surface area contributed by atoms with E-state index in [1.54, 1.807) is 4.90 Å². The minimum Gasteiger partial charge on any atom is -0.341 e. The molecular formula is C23H32N4O6S2. The predicted octanol–water partition coefficient (Wildman–Crippen LogP) is 2.59. The number of amides is 1. The van der Waals surface area contributed by atoms with Crippen LogP contribution in [-0.2, 0) is 29.6 Å². The van der Waals surface area contributed by atoms with Gasteiger partial charge in [-0.05, 0) is 56.2 Å². The van der Waals surface area contributed by atoms with Crippen molar-refractivity contribution in [2.24, 2.45) is 21.6 Å². The van der Waals surface area contributed by atoms with E-state index in [0.29, 0.717) is 18.9 Å². The number of amidine groups is 1. The van der Waals surface area contributed by atoms with Crippen molar-refractivity contribution in [3.8, 4) is 0 Å². The average molecular weight is 525 g/mol. The number of sulfonamides is 2. The van der Waals surface area contributed by atoms with E-state index < -0.39 is 37.3 Å². The number of nitrogens with one attached hydrogen (secondary N) is 2. The number of rotatable bonds is 7. The third-order valence-electron chi connectivity index (χ3n) is 7.01. The van der Waals surface area contributed by atoms with E-state index in [0.717, 1.165) is 38.0 Å². The van der Waals surface area contributed by atoms with Crippen LogP contribution < -0.4 is 10.0 Å². The second-order valence-electron chi connectivity index (χ2n) is 10.5. The molecule has 2 aliphatic heterocycles. The van der Waals surface area contributed by atoms with Crippen LogP contribution in [0.1, 0.15) is 52.9 Å². The molecule has 35 heavy (non-hydrogen) atoms. The lowest BCUT2D eigenvalue weighted by Gasteiger charge is -2.48. The normalized spacial score (nSPS) is 26.6. The van der Waals surface area contributed by atoms with Crippen LogP contribution in [0.5, 0.6) is 0 Å². The Bertz CT molecular complexity index is 1300. The number of likely N-dealkylation sites (tertiary alicyclic amines) is 1. The van der Waals surface area contributed by atoms with E-state index >= 15 is 0 Å². The summed E-state index contributed by atoms with van der Waals surface area (Å²) in [6.07, 6.45) is 5.10. The molecule has 4 rings (SSSR count). The van der Waals surface area contributed by atoms with E-state index in [2.05, 4.69) is 28.3 Å². The Hall–Kier alpha value is -2.47. The molecule has 1 amide bonds. The molecule has 0 radical (unpaired) electrons. The van der Waals surface area contributed by atoms with E-state index in [1.165, 1.54) is 12.1 Å². The van der Waals surface area contributed by atoms with E-state index in [1.807, 2.05) is 6.92 Å². The lowest BCUT2D eigenvalue weighted by Crippen LogP contribution is -2.62. The van der Waals surface area contributed by atoms with Crippen LogP contribution in [0, 0.1) is 17.3 Å². The van der Waals surface area contributed by atoms with Gasteiger partial charge in [0.05, 0.1) is 11.9 Å². The molecule has 192 valence electrons. The van der Waals surface area contributed by atoms with Gasteiger partial charge in [-0.15, -0.1) is 4.40 Å². The predicted molar refractivity (Wildman–Crippen MR) is 133 cm³/mol. The Balaban J connectivity index is 1.72. The van der Waals surface area contributed by atoms with Gasteiger partial charge in [0.2, 0.25) is 15.9 Å². The van der Waals surface area contributed by atoms with Gasteiger partial charge in [0.25, 0.3) is 10.0 Å². The molecular weight excluding hydrogens is 492 g/mol. The molecule has 2 N–H and O–H groups in total. The first kappa shape index (κ1) is 25.6. The molecule has 1 saturated heterocycles. The van der Waals surface area contributed by atoms with Crippen LogP contribution in [-0.4, -0.2) is 58.1 Å². The van der Waals surface area contributed by atoms with Crippen LogP contribution >= 0.6 is 0 Å². The Morgan fingerprint density at radius 3 is 2.51 bits per heavy atom. The zero-order valence-electron chi connectivity index (χ0n) is 20.4. The zero-order chi connectivity index (χ0) is 25.8. The number of nitrogens with zero attached hydrogens (tertiary/aromatic N) is 2. The molecule has 10 nitrogen and oxygen atoms in total. The summed E-state index contributed by atoms with van der Waals surface area (Å²) in [5.74, 6) is -1.89. The smallest absolute Gasteiger partial charge is 0.286 e. The number of piperidine rings is 1. The topological polar surface area (TPSA) is 142 Å². The molecule has 1 aromatic carbocycles. The van der Waals surface area contributed by atoms with Crippen molar-refractivity contribution in [2.75, 3.05) is 22.8 Å². The molecule has 0 bridgehead atoms. The van der Waals surface area contributed by atoms with Gasteiger partial charge in [0, 0.05) is 23.7 Å². The van der Waals surface area contributed by atoms with Crippen molar-refractivity contribution in [3.05, 3.63) is 18.2 Å². The third kappa shape index (κ3) is 5.09. The summed E-state index contributed by atoms with van der Waals surface area (Å²) in [5.41, 5.74) is -0.604. The summed E-state index contributed by atoms with van der Waals surface area (Å²) >= 11 is 0. The summed E-state index contributed by atoms with van der Waals surface area (Å²) in [7, 11) is -7.91. The maximum absolute atomic E-state index is 13.7. The number of carbonyl (C=O) groups is 2. The van der Waals surface area contributed by atoms with Crippen molar-refractivity contribution in [1.29, 1.82) is 0 Å². The lowest BCUT2D eigenvalue weighted by atomic mass is 9.70. The van der Waals surface area contributed by atoms with Crippen LogP contribution in [0.4, 0.5) is 11.4 Å². The van der Waals surface area contributed by atoms with Crippen LogP contribution in [0.25, 0.3) is 0 Å². The molecule has 1 aliphatic carbocycles. The average Bonchev–Trinajstić information content (AvgIpc) is 2.68. The highest BCUT2D eigenvalue weighted by molar-refractivity contribution is 7.92. The third-order valence-corrected chi connectivity index (χ3v) is 8.95. The minimum absolute atomic E-state index is 0.0502. The first-order valence-corrected chi connectivity index (χ1v) is 15.1. The van der Waals surface area contributed by atoms with Crippen molar-refractivity contribution in [3.63, 3.8) is 0 Å². The fourth-order valence-corrected chi connectivity index (χ4v) is 6.53. The van der Waals surface area contributed by atoms with Gasteiger partial charge >= 0.3 is 0 Å². The van der Waals surface area contributed by atoms with Gasteiger partial charge in [0.1, 0.15) is 10.7 Å². The highest BCUT2D eigenvalue weighted by Gasteiger charge is 2.53. The van der Waals surface area contributed by atoms with Crippen LogP contribution in [0.2, 0.25) is 0 Å². The molecule has 2 fully saturated rings. The first-order valence-electron chi connectivity index (χ1n) is 11.8. The quantitative estimate of drug-likeness (QED) is 0.522. The molecule has 2 atom stereocenters. The number of anilines is 2. The summed E-state index contributed by atoms with van der Waals surface area (Å²) < 4.78 is 55.3. The van der Waals surface area contributed by atoms with Crippen molar-refractivity contribution < 1.29 is 26.4 Å². The van der Waals surface area contributed by atoms with Crippen molar-refractivity contribution in [1.82, 2.24) is 4.90 Å². The van der Waals surface area contributed by atoms with Crippen LogP contribution in [0.3, 0.4) is 0 Å². The second-order valence-corrected chi connectivity index (χ2v) is 13.8. The SMILES string of the molecule is CC(C)CCC1(C)CN(C2CCC2)C(=O)C(C2=NS(=O)(=O)c3cc(NS(C)(=O)=O)ccc3N2)C1=O. The Morgan fingerprint density at radius 1 is 1.26 bits per heavy atom. The first-order chi connectivity index (χ1) is 16.2. The zero-order valence-corrected chi connectivity index (χ0v) is 22.0. The minimum atomic E-state index is -4.29. The van der Waals surface area contributed by atoms with Crippen LogP contribution in [0.15, 0.2) is 27.5 Å². The van der Waals surface area contributed by atoms with Gasteiger partial charge < -0.3 is 10.2 Å². The fourth-order valence-electron chi connectivity index (χ4n) is 4.80. The Kier molecular flexibility index (Phi) is 6.50. The van der Waals surface area contributed by atoms with E-state index in [-0.39, 0.29) is 33.9 Å². The standard InChI is InChI=1S/C23H32N4O6S2/c1-14(2)10-11-23(3)13-27(16-6-5-7-16)22(29)19(20(23)28)21-24-17-9-8-15(25-34(4,30)31)12-18(17)35(32,33)26-21/h8-9,12,14,16,19,25H,5-7,10-11,13H2,1-4H3,(H,24,26). The summed E-state index contributed by atoms with van der Waals surface area (Å²) in [5, 5.41) is 2.90. The van der Waals surface area contributed by atoms with Gasteiger partial charge in [-0.1, -0.05) is 20.8 Å². The summed E-state index contributed by atoms with van der Waals surface area (Å²) in [4.78, 5) is 28.8. The number of ketones is 1. The number of hydrogen-bond donors (Lipinski definition) is 2. The number of fused-ring (bicyclic) bond motifs is 1. The summed E-state index contributed by atoms with van der Waals surface area (Å²) in [6.45, 7) is 6.34. The fraction of sp³-hybridized carbons (Fsp3) is 0.609. The molecule has 12 heteroatoms. The van der Waals surface area contributed by atoms with Gasteiger partial charge in [0.15, 0.2) is 11.7 Å². The Labute approximate surface area is 206 Å². The van der Waals surface area contributed by atoms with E-state index in [4.69, 9.17) is 0 Å². The van der Waals surface area contributed by atoms with Crippen molar-refractivity contribution >= 4 is 48.9 Å². The largest absolute Gasteiger partial charge is 0.341 e. The number of benzene rings is 1. The lowest BCUT2D eigenvalue weighted by molar-refractivity contribution is -0.155. The molecule has 3 aliphatic rings. The summed E-state index contributed by atoms with van der Waals surface area (Å²) in [6, 6.07) is 4.02. The maximum Gasteiger partial charge on any atom is 0.286 e. The molecule has 2 unspecified atom stereocenters. The van der Waals surface area contributed by atoms with Gasteiger partial charge in [-0.2, -0.15) is 8.42 Å². The number of Topliss-reactive ketones (excluding diaryl/α,β-unsaturated/α-hetero) is 1. The highest BCUT2D eigenvalue weighted by atomic mass is 32.2. The molecule has 1 aromatic rings. The van der Waals surface area contributed by atoms with Gasteiger partial charge in [-0.3, -0.25) is 14.3 Å². The monoisotopic (exact) mass is 524 g/mol. The molecule has 0 spiro atoms. The van der Waals surface area contributed by atoms with E-state index in [9.17, 15) is 26.4 Å².